The molecule has 18 heavy (non-hydrogen) atoms. The molecule has 0 saturated heterocycles. The largest absolute Gasteiger partial charge is 0.411 e. The Morgan fingerprint density at radius 1 is 1.33 bits per heavy atom. The van der Waals surface area contributed by atoms with Crippen LogP contribution in [0.25, 0.3) is 0 Å². The van der Waals surface area contributed by atoms with Gasteiger partial charge in [0, 0.05) is 5.02 Å². The van der Waals surface area contributed by atoms with Gasteiger partial charge in [0.25, 0.3) is 0 Å². The van der Waals surface area contributed by atoms with Crippen LogP contribution in [-0.4, -0.2) is 27.1 Å². The van der Waals surface area contributed by atoms with Gasteiger partial charge in [0.05, 0.1) is 10.6 Å². The number of ether oxygens (including phenoxy) is 1. The van der Waals surface area contributed by atoms with Gasteiger partial charge in [-0.2, -0.15) is 13.2 Å². The molecule has 0 aromatic heterocycles. The number of anilines is 1. The SMILES string of the molecule is Nc1ccc(Cl)cc1S(=O)(=O)COCC(F)(F)F. The Morgan fingerprint density at radius 3 is 2.50 bits per heavy atom. The minimum Gasteiger partial charge on any atom is -0.398 e. The summed E-state index contributed by atoms with van der Waals surface area (Å²) >= 11 is 5.59. The monoisotopic (exact) mass is 303 g/mol. The van der Waals surface area contributed by atoms with E-state index >= 15 is 0 Å². The van der Waals surface area contributed by atoms with E-state index < -0.39 is 28.6 Å². The van der Waals surface area contributed by atoms with Gasteiger partial charge in [0.1, 0.15) is 6.61 Å². The second-order valence-electron chi connectivity index (χ2n) is 3.38. The van der Waals surface area contributed by atoms with E-state index in [2.05, 4.69) is 4.74 Å². The van der Waals surface area contributed by atoms with E-state index in [1.54, 1.807) is 0 Å². The molecule has 0 radical (unpaired) electrons. The number of rotatable bonds is 4. The van der Waals surface area contributed by atoms with Gasteiger partial charge in [0.2, 0.25) is 9.84 Å². The number of halogens is 4. The molecule has 1 aromatic carbocycles. The summed E-state index contributed by atoms with van der Waals surface area (Å²) in [6, 6.07) is 3.68. The Labute approximate surface area is 106 Å². The number of benzene rings is 1. The predicted octanol–water partition coefficient (Wildman–Crippen LogP) is 2.23. The normalized spacial score (nSPS) is 12.7. The van der Waals surface area contributed by atoms with E-state index in [1.807, 2.05) is 0 Å². The highest BCUT2D eigenvalue weighted by Gasteiger charge is 2.29. The summed E-state index contributed by atoms with van der Waals surface area (Å²) in [5, 5.41) is 0.110. The number of nitrogen functional groups attached to an aromatic ring is 1. The van der Waals surface area contributed by atoms with E-state index in [0.717, 1.165) is 6.07 Å². The first-order valence-corrected chi connectivity index (χ1v) is 6.57. The number of nitrogens with two attached hydrogens (primary N) is 1. The Bertz CT molecular complexity index is 530. The Morgan fingerprint density at radius 2 is 1.94 bits per heavy atom. The summed E-state index contributed by atoms with van der Waals surface area (Å²) < 4.78 is 62.9. The first-order chi connectivity index (χ1) is 8.12. The van der Waals surface area contributed by atoms with Crippen LogP contribution in [0.5, 0.6) is 0 Å². The molecular formula is C9H9ClF3NO3S. The summed E-state index contributed by atoms with van der Waals surface area (Å²) in [5.41, 5.74) is 5.32. The summed E-state index contributed by atoms with van der Waals surface area (Å²) in [7, 11) is -4.07. The minimum absolute atomic E-state index is 0.102. The molecule has 0 unspecified atom stereocenters. The van der Waals surface area contributed by atoms with E-state index in [9.17, 15) is 21.6 Å². The third kappa shape index (κ3) is 4.35. The lowest BCUT2D eigenvalue weighted by molar-refractivity contribution is -0.169. The molecule has 0 atom stereocenters. The fourth-order valence-corrected chi connectivity index (χ4v) is 2.51. The maximum absolute atomic E-state index is 11.8. The van der Waals surface area contributed by atoms with E-state index in [4.69, 9.17) is 17.3 Å². The number of alkyl halides is 3. The molecule has 1 aromatic rings. The summed E-state index contributed by atoms with van der Waals surface area (Å²) in [5.74, 6) is -1.11. The highest BCUT2D eigenvalue weighted by atomic mass is 35.5. The summed E-state index contributed by atoms with van der Waals surface area (Å²) in [4.78, 5) is -0.350. The second-order valence-corrected chi connectivity index (χ2v) is 5.72. The minimum atomic E-state index is -4.59. The maximum Gasteiger partial charge on any atom is 0.411 e. The smallest absolute Gasteiger partial charge is 0.398 e. The van der Waals surface area contributed by atoms with Crippen molar-refractivity contribution >= 4 is 27.1 Å². The number of sulfone groups is 1. The third-order valence-corrected chi connectivity index (χ3v) is 3.55. The molecule has 0 spiro atoms. The number of hydrogen-bond donors (Lipinski definition) is 1. The molecule has 0 aliphatic rings. The van der Waals surface area contributed by atoms with Crippen LogP contribution in [0.4, 0.5) is 18.9 Å². The van der Waals surface area contributed by atoms with Crippen molar-refractivity contribution in [3.8, 4) is 0 Å². The zero-order valence-corrected chi connectivity index (χ0v) is 10.4. The summed E-state index contributed by atoms with van der Waals surface area (Å²) in [6.07, 6.45) is -4.59. The van der Waals surface area contributed by atoms with Crippen LogP contribution < -0.4 is 5.73 Å². The van der Waals surface area contributed by atoms with Crippen LogP contribution in [0.1, 0.15) is 0 Å². The molecule has 102 valence electrons. The molecule has 9 heteroatoms. The lowest BCUT2D eigenvalue weighted by Crippen LogP contribution is -2.21. The van der Waals surface area contributed by atoms with Crippen LogP contribution in [0.3, 0.4) is 0 Å². The standard InChI is InChI=1S/C9H9ClF3NO3S/c10-6-1-2-7(14)8(3-6)18(15,16)5-17-4-9(11,12)13/h1-3H,4-5,14H2. The molecule has 0 bridgehead atoms. The van der Waals surface area contributed by atoms with Crippen molar-refractivity contribution < 1.29 is 26.3 Å². The summed E-state index contributed by atoms with van der Waals surface area (Å²) in [6.45, 7) is -1.65. The molecule has 4 nitrogen and oxygen atoms in total. The van der Waals surface area contributed by atoms with Crippen molar-refractivity contribution in [2.75, 3.05) is 18.3 Å². The first kappa shape index (κ1) is 15.1. The molecule has 2 N–H and O–H groups in total. The van der Waals surface area contributed by atoms with Gasteiger partial charge in [-0.3, -0.25) is 0 Å². The molecule has 0 saturated carbocycles. The molecule has 0 aliphatic heterocycles. The lowest BCUT2D eigenvalue weighted by atomic mass is 10.3. The molecule has 0 heterocycles. The predicted molar refractivity (Wildman–Crippen MR) is 59.9 cm³/mol. The van der Waals surface area contributed by atoms with Gasteiger partial charge in [-0.25, -0.2) is 8.42 Å². The van der Waals surface area contributed by atoms with Gasteiger partial charge < -0.3 is 10.5 Å². The van der Waals surface area contributed by atoms with Crippen LogP contribution in [0, 0.1) is 0 Å². The van der Waals surface area contributed by atoms with Gasteiger partial charge in [-0.15, -0.1) is 0 Å². The topological polar surface area (TPSA) is 69.4 Å². The van der Waals surface area contributed by atoms with Gasteiger partial charge >= 0.3 is 6.18 Å². The van der Waals surface area contributed by atoms with Gasteiger partial charge in [0.15, 0.2) is 5.94 Å². The number of hydrogen-bond acceptors (Lipinski definition) is 4. The Hall–Kier alpha value is -0.990. The first-order valence-electron chi connectivity index (χ1n) is 4.54. The highest BCUT2D eigenvalue weighted by molar-refractivity contribution is 7.91. The van der Waals surface area contributed by atoms with E-state index in [0.29, 0.717) is 0 Å². The van der Waals surface area contributed by atoms with Crippen molar-refractivity contribution in [3.63, 3.8) is 0 Å². The van der Waals surface area contributed by atoms with E-state index in [-0.39, 0.29) is 15.6 Å². The van der Waals surface area contributed by atoms with Crippen molar-refractivity contribution in [3.05, 3.63) is 23.2 Å². The zero-order valence-electron chi connectivity index (χ0n) is 8.87. The zero-order chi connectivity index (χ0) is 14.0. The van der Waals surface area contributed by atoms with Crippen molar-refractivity contribution in [1.82, 2.24) is 0 Å². The average Bonchev–Trinajstić information content (AvgIpc) is 2.19. The highest BCUT2D eigenvalue weighted by Crippen LogP contribution is 2.24. The molecule has 0 fully saturated rings. The molecular weight excluding hydrogens is 295 g/mol. The van der Waals surface area contributed by atoms with Crippen LogP contribution in [-0.2, 0) is 14.6 Å². The quantitative estimate of drug-likeness (QED) is 0.866. The lowest BCUT2D eigenvalue weighted by Gasteiger charge is -2.10. The van der Waals surface area contributed by atoms with Crippen molar-refractivity contribution in [2.24, 2.45) is 0 Å². The average molecular weight is 304 g/mol. The Balaban J connectivity index is 2.84. The maximum atomic E-state index is 11.8. The fourth-order valence-electron chi connectivity index (χ4n) is 1.11. The van der Waals surface area contributed by atoms with Crippen LogP contribution >= 0.6 is 11.6 Å². The van der Waals surface area contributed by atoms with Gasteiger partial charge in [-0.1, -0.05) is 11.6 Å². The van der Waals surface area contributed by atoms with Crippen molar-refractivity contribution in [1.29, 1.82) is 0 Å². The molecule has 1 rings (SSSR count). The van der Waals surface area contributed by atoms with E-state index in [1.165, 1.54) is 12.1 Å². The fraction of sp³-hybridized carbons (Fsp3) is 0.333. The molecule has 0 aliphatic carbocycles. The van der Waals surface area contributed by atoms with Crippen LogP contribution in [0.2, 0.25) is 5.02 Å². The molecule has 0 amide bonds. The Kier molecular flexibility index (Phi) is 4.46. The van der Waals surface area contributed by atoms with Crippen LogP contribution in [0.15, 0.2) is 23.1 Å². The van der Waals surface area contributed by atoms with Crippen molar-refractivity contribution in [2.45, 2.75) is 11.1 Å². The van der Waals surface area contributed by atoms with Gasteiger partial charge in [-0.05, 0) is 18.2 Å². The second kappa shape index (κ2) is 5.33. The third-order valence-electron chi connectivity index (χ3n) is 1.81.